The second-order valence-corrected chi connectivity index (χ2v) is 4.64. The van der Waals surface area contributed by atoms with Crippen LogP contribution < -0.4 is 5.32 Å². The Morgan fingerprint density at radius 2 is 1.95 bits per heavy atom. The van der Waals surface area contributed by atoms with Crippen LogP contribution >= 0.6 is 0 Å². The molecule has 0 saturated carbocycles. The third-order valence-electron chi connectivity index (χ3n) is 3.10. The van der Waals surface area contributed by atoms with Crippen molar-refractivity contribution in [3.05, 3.63) is 35.9 Å². The smallest absolute Gasteiger partial charge is 0.319 e. The summed E-state index contributed by atoms with van der Waals surface area (Å²) in [6.45, 7) is 4.74. The highest BCUT2D eigenvalue weighted by Gasteiger charge is 2.12. The van der Waals surface area contributed by atoms with Crippen LogP contribution in [0.5, 0.6) is 0 Å². The molecule has 0 radical (unpaired) electrons. The number of unbranched alkanes of at least 4 members (excludes halogenated alkanes) is 2. The van der Waals surface area contributed by atoms with E-state index in [9.17, 15) is 4.79 Å². The predicted molar refractivity (Wildman–Crippen MR) is 78.0 cm³/mol. The standard InChI is InChI=1S/C16H25NO2/c1-3-5-7-12-15(14-10-8-6-9-11-14)17-13-16(18)19-4-2/h6,8-11,15,17H,3-5,7,12-13H2,1-2H3. The highest BCUT2D eigenvalue weighted by atomic mass is 16.5. The minimum Gasteiger partial charge on any atom is -0.465 e. The second kappa shape index (κ2) is 9.56. The van der Waals surface area contributed by atoms with Crippen LogP contribution in [0.3, 0.4) is 0 Å². The Bertz CT molecular complexity index is 351. The van der Waals surface area contributed by atoms with E-state index in [1.165, 1.54) is 24.8 Å². The topological polar surface area (TPSA) is 38.3 Å². The van der Waals surface area contributed by atoms with Gasteiger partial charge in [0.1, 0.15) is 0 Å². The number of ether oxygens (including phenoxy) is 1. The number of benzene rings is 1. The summed E-state index contributed by atoms with van der Waals surface area (Å²) in [6, 6.07) is 10.5. The first-order valence-corrected chi connectivity index (χ1v) is 7.21. The van der Waals surface area contributed by atoms with Crippen LogP contribution in [0.4, 0.5) is 0 Å². The molecule has 0 aromatic heterocycles. The normalized spacial score (nSPS) is 12.1. The van der Waals surface area contributed by atoms with E-state index in [0.717, 1.165) is 6.42 Å². The van der Waals surface area contributed by atoms with Crippen LogP contribution in [0.2, 0.25) is 0 Å². The molecule has 3 heteroatoms. The van der Waals surface area contributed by atoms with Crippen LogP contribution in [0, 0.1) is 0 Å². The number of hydrogen-bond donors (Lipinski definition) is 1. The van der Waals surface area contributed by atoms with Crippen LogP contribution in [0.15, 0.2) is 30.3 Å². The fraction of sp³-hybridized carbons (Fsp3) is 0.562. The number of rotatable bonds is 9. The lowest BCUT2D eigenvalue weighted by Crippen LogP contribution is -2.29. The van der Waals surface area contributed by atoms with Gasteiger partial charge < -0.3 is 10.1 Å². The van der Waals surface area contributed by atoms with Crippen molar-refractivity contribution in [2.24, 2.45) is 0 Å². The SMILES string of the molecule is CCCCCC(NCC(=O)OCC)c1ccccc1. The van der Waals surface area contributed by atoms with Crippen molar-refractivity contribution in [1.82, 2.24) is 5.32 Å². The molecule has 0 fully saturated rings. The van der Waals surface area contributed by atoms with Crippen molar-refractivity contribution in [2.75, 3.05) is 13.2 Å². The summed E-state index contributed by atoms with van der Waals surface area (Å²) in [5.74, 6) is -0.182. The van der Waals surface area contributed by atoms with Gasteiger partial charge in [-0.1, -0.05) is 56.5 Å². The van der Waals surface area contributed by atoms with Gasteiger partial charge in [-0.15, -0.1) is 0 Å². The first kappa shape index (κ1) is 15.7. The molecule has 0 amide bonds. The lowest BCUT2D eigenvalue weighted by atomic mass is 10.0. The third kappa shape index (κ3) is 6.39. The fourth-order valence-electron chi connectivity index (χ4n) is 2.09. The fourth-order valence-corrected chi connectivity index (χ4v) is 2.09. The van der Waals surface area contributed by atoms with E-state index in [-0.39, 0.29) is 18.6 Å². The summed E-state index contributed by atoms with van der Waals surface area (Å²) in [5.41, 5.74) is 1.24. The van der Waals surface area contributed by atoms with Gasteiger partial charge in [0.15, 0.2) is 0 Å². The molecule has 1 rings (SSSR count). The maximum atomic E-state index is 11.4. The zero-order valence-corrected chi connectivity index (χ0v) is 12.0. The van der Waals surface area contributed by atoms with Gasteiger partial charge >= 0.3 is 5.97 Å². The molecule has 1 aromatic carbocycles. The molecule has 1 aromatic rings. The van der Waals surface area contributed by atoms with Crippen LogP contribution in [0.1, 0.15) is 51.1 Å². The Kier molecular flexibility index (Phi) is 7.91. The monoisotopic (exact) mass is 263 g/mol. The molecule has 19 heavy (non-hydrogen) atoms. The third-order valence-corrected chi connectivity index (χ3v) is 3.10. The summed E-state index contributed by atoms with van der Waals surface area (Å²) in [5, 5.41) is 3.30. The molecule has 0 aliphatic rings. The van der Waals surface area contributed by atoms with Gasteiger partial charge in [0.2, 0.25) is 0 Å². The maximum Gasteiger partial charge on any atom is 0.319 e. The van der Waals surface area contributed by atoms with Crippen molar-refractivity contribution >= 4 is 5.97 Å². The van der Waals surface area contributed by atoms with Gasteiger partial charge in [-0.3, -0.25) is 4.79 Å². The number of carbonyl (C=O) groups excluding carboxylic acids is 1. The molecule has 0 aliphatic carbocycles. The van der Waals surface area contributed by atoms with Gasteiger partial charge in [-0.05, 0) is 18.9 Å². The lowest BCUT2D eigenvalue weighted by molar-refractivity contribution is -0.142. The average molecular weight is 263 g/mol. The van der Waals surface area contributed by atoms with Gasteiger partial charge in [0.25, 0.3) is 0 Å². The molecule has 0 heterocycles. The van der Waals surface area contributed by atoms with Crippen molar-refractivity contribution in [3.63, 3.8) is 0 Å². The average Bonchev–Trinajstić information content (AvgIpc) is 2.44. The van der Waals surface area contributed by atoms with Gasteiger partial charge in [0, 0.05) is 6.04 Å². The molecule has 1 unspecified atom stereocenters. The molecule has 0 spiro atoms. The molecule has 1 atom stereocenters. The van der Waals surface area contributed by atoms with Crippen molar-refractivity contribution < 1.29 is 9.53 Å². The van der Waals surface area contributed by atoms with Gasteiger partial charge in [0.05, 0.1) is 13.2 Å². The van der Waals surface area contributed by atoms with Gasteiger partial charge in [-0.25, -0.2) is 0 Å². The van der Waals surface area contributed by atoms with E-state index in [2.05, 4.69) is 24.4 Å². The molecule has 0 aliphatic heterocycles. The molecular weight excluding hydrogens is 238 g/mol. The predicted octanol–water partition coefficient (Wildman–Crippen LogP) is 3.46. The van der Waals surface area contributed by atoms with Crippen LogP contribution in [-0.2, 0) is 9.53 Å². The highest BCUT2D eigenvalue weighted by Crippen LogP contribution is 2.19. The number of esters is 1. The summed E-state index contributed by atoms with van der Waals surface area (Å²) >= 11 is 0. The minimum absolute atomic E-state index is 0.182. The van der Waals surface area contributed by atoms with E-state index < -0.39 is 0 Å². The Balaban J connectivity index is 2.52. The Morgan fingerprint density at radius 1 is 1.21 bits per heavy atom. The number of nitrogens with one attached hydrogen (secondary N) is 1. The van der Waals surface area contributed by atoms with Crippen LogP contribution in [0.25, 0.3) is 0 Å². The largest absolute Gasteiger partial charge is 0.465 e. The zero-order chi connectivity index (χ0) is 13.9. The second-order valence-electron chi connectivity index (χ2n) is 4.64. The highest BCUT2D eigenvalue weighted by molar-refractivity contribution is 5.71. The molecule has 3 nitrogen and oxygen atoms in total. The Hall–Kier alpha value is -1.35. The molecule has 1 N–H and O–H groups in total. The van der Waals surface area contributed by atoms with E-state index in [4.69, 9.17) is 4.74 Å². The summed E-state index contributed by atoms with van der Waals surface area (Å²) in [6.07, 6.45) is 4.66. The summed E-state index contributed by atoms with van der Waals surface area (Å²) in [4.78, 5) is 11.4. The van der Waals surface area contributed by atoms with Crippen molar-refractivity contribution in [2.45, 2.75) is 45.6 Å². The quantitative estimate of drug-likeness (QED) is 0.547. The van der Waals surface area contributed by atoms with E-state index in [0.29, 0.717) is 6.61 Å². The van der Waals surface area contributed by atoms with Crippen molar-refractivity contribution in [1.29, 1.82) is 0 Å². The molecular formula is C16H25NO2. The van der Waals surface area contributed by atoms with E-state index >= 15 is 0 Å². The van der Waals surface area contributed by atoms with Crippen molar-refractivity contribution in [3.8, 4) is 0 Å². The van der Waals surface area contributed by atoms with E-state index in [1.54, 1.807) is 0 Å². The summed E-state index contributed by atoms with van der Waals surface area (Å²) < 4.78 is 4.95. The zero-order valence-electron chi connectivity index (χ0n) is 12.0. The lowest BCUT2D eigenvalue weighted by Gasteiger charge is -2.18. The summed E-state index contributed by atoms with van der Waals surface area (Å²) in [7, 11) is 0. The maximum absolute atomic E-state index is 11.4. The molecule has 0 saturated heterocycles. The number of carbonyl (C=O) groups is 1. The van der Waals surface area contributed by atoms with Crippen LogP contribution in [-0.4, -0.2) is 19.1 Å². The Morgan fingerprint density at radius 3 is 2.58 bits per heavy atom. The molecule has 0 bridgehead atoms. The molecule has 106 valence electrons. The minimum atomic E-state index is -0.182. The number of hydrogen-bond acceptors (Lipinski definition) is 3. The first-order chi connectivity index (χ1) is 9.27. The van der Waals surface area contributed by atoms with Gasteiger partial charge in [-0.2, -0.15) is 0 Å². The Labute approximate surface area is 116 Å². The first-order valence-electron chi connectivity index (χ1n) is 7.21. The van der Waals surface area contributed by atoms with E-state index in [1.807, 2.05) is 25.1 Å².